The van der Waals surface area contributed by atoms with Crippen LogP contribution in [-0.2, 0) is 11.8 Å². The first-order valence-electron chi connectivity index (χ1n) is 13.8. The number of aromatic nitrogens is 3. The number of aryl methyl sites for hydroxylation is 3. The number of nitrogens with one attached hydrogen (secondary N) is 1. The van der Waals surface area contributed by atoms with E-state index in [1.807, 2.05) is 44.0 Å². The van der Waals surface area contributed by atoms with Crippen molar-refractivity contribution in [1.82, 2.24) is 24.6 Å². The number of hydrogen-bond donors (Lipinski definition) is 1. The highest BCUT2D eigenvalue weighted by Crippen LogP contribution is 2.29. The lowest BCUT2D eigenvalue weighted by Crippen LogP contribution is -2.44. The molecule has 2 amide bonds. The predicted molar refractivity (Wildman–Crippen MR) is 155 cm³/mol. The SMILES string of the molecule is Cc1cc(C)c2c(NC(=O)N(CCC(c3ccccc3)c3ccccc3)CCN3CCOCC3)nn(C)c2n1. The van der Waals surface area contributed by atoms with Crippen LogP contribution in [0.4, 0.5) is 10.6 Å². The summed E-state index contributed by atoms with van der Waals surface area (Å²) < 4.78 is 7.26. The van der Waals surface area contributed by atoms with Gasteiger partial charge in [-0.2, -0.15) is 5.10 Å². The van der Waals surface area contributed by atoms with Gasteiger partial charge in [0.1, 0.15) is 0 Å². The number of carbonyl (C=O) groups is 1. The number of benzene rings is 2. The van der Waals surface area contributed by atoms with Crippen LogP contribution >= 0.6 is 0 Å². The van der Waals surface area contributed by atoms with Crippen molar-refractivity contribution in [2.45, 2.75) is 26.2 Å². The Bertz CT molecular complexity index is 1340. The zero-order valence-electron chi connectivity index (χ0n) is 23.1. The van der Waals surface area contributed by atoms with E-state index in [9.17, 15) is 4.79 Å². The van der Waals surface area contributed by atoms with Crippen molar-refractivity contribution in [3.05, 3.63) is 89.1 Å². The molecule has 1 aliphatic rings. The van der Waals surface area contributed by atoms with Crippen LogP contribution in [0, 0.1) is 13.8 Å². The van der Waals surface area contributed by atoms with Gasteiger partial charge in [-0.05, 0) is 43.0 Å². The molecule has 1 aliphatic heterocycles. The molecule has 5 rings (SSSR count). The lowest BCUT2D eigenvalue weighted by molar-refractivity contribution is 0.0351. The summed E-state index contributed by atoms with van der Waals surface area (Å²) in [6, 6.07) is 23.0. The topological polar surface area (TPSA) is 75.5 Å². The van der Waals surface area contributed by atoms with Crippen molar-refractivity contribution in [2.75, 3.05) is 51.3 Å². The van der Waals surface area contributed by atoms with Gasteiger partial charge in [-0.15, -0.1) is 0 Å². The summed E-state index contributed by atoms with van der Waals surface area (Å²) in [5.74, 6) is 0.748. The lowest BCUT2D eigenvalue weighted by atomic mass is 9.88. The normalized spacial score (nSPS) is 14.2. The summed E-state index contributed by atoms with van der Waals surface area (Å²) >= 11 is 0. The first-order chi connectivity index (χ1) is 19.0. The van der Waals surface area contributed by atoms with Gasteiger partial charge < -0.3 is 9.64 Å². The summed E-state index contributed by atoms with van der Waals surface area (Å²) in [4.78, 5) is 22.8. The van der Waals surface area contributed by atoms with E-state index < -0.39 is 0 Å². The van der Waals surface area contributed by atoms with Crippen molar-refractivity contribution >= 4 is 22.9 Å². The molecule has 1 N–H and O–H groups in total. The molecule has 0 bridgehead atoms. The molecule has 4 aromatic rings. The van der Waals surface area contributed by atoms with Crippen LogP contribution in [0.3, 0.4) is 0 Å². The van der Waals surface area contributed by atoms with E-state index in [1.54, 1.807) is 4.68 Å². The Kier molecular flexibility index (Phi) is 8.54. The van der Waals surface area contributed by atoms with Gasteiger partial charge in [0.2, 0.25) is 0 Å². The summed E-state index contributed by atoms with van der Waals surface area (Å²) in [6.45, 7) is 9.32. The number of nitrogens with zero attached hydrogens (tertiary/aromatic N) is 5. The molecule has 3 heterocycles. The van der Waals surface area contributed by atoms with Gasteiger partial charge in [0.15, 0.2) is 11.5 Å². The van der Waals surface area contributed by atoms with Crippen molar-refractivity contribution in [2.24, 2.45) is 7.05 Å². The fourth-order valence-electron chi connectivity index (χ4n) is 5.44. The fraction of sp³-hybridized carbons (Fsp3) is 0.387. The van der Waals surface area contributed by atoms with Gasteiger partial charge in [0, 0.05) is 51.4 Å². The van der Waals surface area contributed by atoms with E-state index in [0.717, 1.165) is 61.6 Å². The molecule has 0 saturated carbocycles. The Labute approximate surface area is 230 Å². The van der Waals surface area contributed by atoms with E-state index in [2.05, 4.69) is 68.8 Å². The van der Waals surface area contributed by atoms with Crippen molar-refractivity contribution < 1.29 is 9.53 Å². The minimum atomic E-state index is -0.136. The maximum atomic E-state index is 13.8. The van der Waals surface area contributed by atoms with E-state index in [0.29, 0.717) is 18.9 Å². The second-order valence-corrected chi connectivity index (χ2v) is 10.3. The van der Waals surface area contributed by atoms with Crippen LogP contribution in [-0.4, -0.2) is 76.5 Å². The van der Waals surface area contributed by atoms with Crippen molar-refractivity contribution in [3.63, 3.8) is 0 Å². The number of urea groups is 1. The van der Waals surface area contributed by atoms with Gasteiger partial charge >= 0.3 is 6.03 Å². The Morgan fingerprint density at radius 3 is 2.28 bits per heavy atom. The number of rotatable bonds is 9. The van der Waals surface area contributed by atoms with Crippen LogP contribution in [0.25, 0.3) is 11.0 Å². The highest BCUT2D eigenvalue weighted by Gasteiger charge is 2.23. The summed E-state index contributed by atoms with van der Waals surface area (Å²) in [6.07, 6.45) is 0.813. The molecule has 0 atom stereocenters. The number of ether oxygens (including phenoxy) is 1. The first-order valence-corrected chi connectivity index (χ1v) is 13.8. The molecule has 1 fully saturated rings. The van der Waals surface area contributed by atoms with Gasteiger partial charge in [0.25, 0.3) is 0 Å². The minimum absolute atomic E-state index is 0.136. The van der Waals surface area contributed by atoms with Crippen molar-refractivity contribution in [3.8, 4) is 0 Å². The highest BCUT2D eigenvalue weighted by molar-refractivity contribution is 5.99. The minimum Gasteiger partial charge on any atom is -0.379 e. The zero-order valence-corrected chi connectivity index (χ0v) is 23.1. The van der Waals surface area contributed by atoms with E-state index >= 15 is 0 Å². The molecule has 1 saturated heterocycles. The van der Waals surface area contributed by atoms with Crippen LogP contribution in [0.5, 0.6) is 0 Å². The Morgan fingerprint density at radius 2 is 1.64 bits per heavy atom. The average molecular weight is 527 g/mol. The van der Waals surface area contributed by atoms with Gasteiger partial charge in [0.05, 0.1) is 18.6 Å². The number of pyridine rings is 1. The molecule has 39 heavy (non-hydrogen) atoms. The molecule has 204 valence electrons. The van der Waals surface area contributed by atoms with E-state index in [4.69, 9.17) is 4.74 Å². The smallest absolute Gasteiger partial charge is 0.323 e. The van der Waals surface area contributed by atoms with Crippen LogP contribution in [0.1, 0.15) is 34.7 Å². The third kappa shape index (κ3) is 6.46. The molecule has 0 aliphatic carbocycles. The number of carbonyl (C=O) groups excluding carboxylic acids is 1. The van der Waals surface area contributed by atoms with Crippen LogP contribution in [0.15, 0.2) is 66.7 Å². The molecular weight excluding hydrogens is 488 g/mol. The van der Waals surface area contributed by atoms with Crippen molar-refractivity contribution in [1.29, 1.82) is 0 Å². The van der Waals surface area contributed by atoms with E-state index in [1.165, 1.54) is 11.1 Å². The van der Waals surface area contributed by atoms with Crippen LogP contribution < -0.4 is 5.32 Å². The zero-order chi connectivity index (χ0) is 27.2. The quantitative estimate of drug-likeness (QED) is 0.333. The molecule has 8 heteroatoms. The van der Waals surface area contributed by atoms with E-state index in [-0.39, 0.29) is 11.9 Å². The lowest BCUT2D eigenvalue weighted by Gasteiger charge is -2.31. The van der Waals surface area contributed by atoms with Crippen LogP contribution in [0.2, 0.25) is 0 Å². The number of anilines is 1. The molecule has 8 nitrogen and oxygen atoms in total. The molecule has 2 aromatic heterocycles. The van der Waals surface area contributed by atoms with Gasteiger partial charge in [-0.1, -0.05) is 60.7 Å². The second kappa shape index (κ2) is 12.4. The van der Waals surface area contributed by atoms with Gasteiger partial charge in [-0.25, -0.2) is 14.5 Å². The molecule has 0 unspecified atom stereocenters. The summed E-state index contributed by atoms with van der Waals surface area (Å²) in [7, 11) is 1.87. The number of amides is 2. The maximum Gasteiger partial charge on any atom is 0.323 e. The summed E-state index contributed by atoms with van der Waals surface area (Å²) in [5, 5.41) is 8.64. The Balaban J connectivity index is 1.38. The monoisotopic (exact) mass is 526 g/mol. The molecule has 0 spiro atoms. The third-order valence-corrected chi connectivity index (χ3v) is 7.51. The Morgan fingerprint density at radius 1 is 1.00 bits per heavy atom. The number of fused-ring (bicyclic) bond motifs is 1. The molecule has 2 aromatic carbocycles. The largest absolute Gasteiger partial charge is 0.379 e. The summed E-state index contributed by atoms with van der Waals surface area (Å²) in [5.41, 5.74) is 5.26. The Hall–Kier alpha value is -3.75. The van der Waals surface area contributed by atoms with Gasteiger partial charge in [-0.3, -0.25) is 10.2 Å². The maximum absolute atomic E-state index is 13.8. The highest BCUT2D eigenvalue weighted by atomic mass is 16.5. The fourth-order valence-corrected chi connectivity index (χ4v) is 5.44. The molecule has 0 radical (unpaired) electrons. The average Bonchev–Trinajstić information content (AvgIpc) is 3.26. The number of hydrogen-bond acceptors (Lipinski definition) is 5. The third-order valence-electron chi connectivity index (χ3n) is 7.51. The standard InChI is InChI=1S/C31H38N6O2/c1-23-22-24(2)32-30-28(23)29(34-35(30)3)33-31(38)37(17-16-36-18-20-39-21-19-36)15-14-27(25-10-6-4-7-11-25)26-12-8-5-9-13-26/h4-13,22,27H,14-21H2,1-3H3,(H,33,34,38). The first kappa shape index (κ1) is 26.8. The second-order valence-electron chi connectivity index (χ2n) is 10.3. The number of morpholine rings is 1. The molecular formula is C31H38N6O2. The predicted octanol–water partition coefficient (Wildman–Crippen LogP) is 4.97.